The Hall–Kier alpha value is -1.97. The van der Waals surface area contributed by atoms with Crippen molar-refractivity contribution in [1.82, 2.24) is 15.0 Å². The van der Waals surface area contributed by atoms with Crippen molar-refractivity contribution in [2.45, 2.75) is 39.5 Å². The lowest BCUT2D eigenvalue weighted by molar-refractivity contribution is 0.555. The normalized spacial score (nSPS) is 11.4. The highest BCUT2D eigenvalue weighted by molar-refractivity contribution is 5.37. The topological polar surface area (TPSA) is 50.7 Å². The maximum Gasteiger partial charge on any atom is 0.129 e. The molecule has 2 aromatic heterocycles. The maximum absolute atomic E-state index is 4.44. The molecule has 0 aliphatic carbocycles. The number of nitrogens with one attached hydrogen (secondary N) is 1. The summed E-state index contributed by atoms with van der Waals surface area (Å²) in [7, 11) is 0. The summed E-state index contributed by atoms with van der Waals surface area (Å²) < 4.78 is 0. The van der Waals surface area contributed by atoms with Gasteiger partial charge in [-0.1, -0.05) is 20.8 Å². The van der Waals surface area contributed by atoms with Crippen LogP contribution in [0.5, 0.6) is 0 Å². The van der Waals surface area contributed by atoms with Crippen LogP contribution in [0.2, 0.25) is 0 Å². The second-order valence-corrected chi connectivity index (χ2v) is 5.62. The Morgan fingerprint density at radius 2 is 1.85 bits per heavy atom. The number of hydrogen-bond donors (Lipinski definition) is 1. The van der Waals surface area contributed by atoms with Gasteiger partial charge in [0.15, 0.2) is 0 Å². The first kappa shape index (κ1) is 14.4. The number of hydrogen-bond acceptors (Lipinski definition) is 4. The zero-order valence-corrected chi connectivity index (χ0v) is 12.6. The Labute approximate surface area is 120 Å². The third kappa shape index (κ3) is 3.53. The van der Waals surface area contributed by atoms with E-state index in [1.54, 1.807) is 0 Å². The lowest BCUT2D eigenvalue weighted by atomic mass is 9.85. The zero-order chi connectivity index (χ0) is 14.6. The van der Waals surface area contributed by atoms with Crippen LogP contribution in [0.25, 0.3) is 0 Å². The van der Waals surface area contributed by atoms with Crippen molar-refractivity contribution in [2.24, 2.45) is 0 Å². The number of rotatable bonds is 5. The first-order valence-corrected chi connectivity index (χ1v) is 7.00. The highest BCUT2D eigenvalue weighted by Gasteiger charge is 2.20. The van der Waals surface area contributed by atoms with Crippen LogP contribution in [0.15, 0.2) is 30.6 Å². The molecular formula is C16H22N4. The molecule has 0 atom stereocenters. The van der Waals surface area contributed by atoms with E-state index in [-0.39, 0.29) is 5.41 Å². The molecule has 2 rings (SSSR count). The molecule has 2 aromatic rings. The molecule has 20 heavy (non-hydrogen) atoms. The Bertz CT molecular complexity index is 564. The Balaban J connectivity index is 2.10. The Kier molecular flexibility index (Phi) is 4.32. The lowest BCUT2D eigenvalue weighted by Crippen LogP contribution is -2.28. The molecule has 0 unspecified atom stereocenters. The fourth-order valence-electron chi connectivity index (χ4n) is 2.12. The maximum atomic E-state index is 4.44. The summed E-state index contributed by atoms with van der Waals surface area (Å²) in [4.78, 5) is 12.9. The van der Waals surface area contributed by atoms with E-state index in [2.05, 4.69) is 53.2 Å². The molecule has 0 aromatic carbocycles. The first-order chi connectivity index (χ1) is 9.51. The van der Waals surface area contributed by atoms with E-state index in [9.17, 15) is 0 Å². The van der Waals surface area contributed by atoms with Crippen molar-refractivity contribution in [3.8, 4) is 0 Å². The van der Waals surface area contributed by atoms with E-state index in [1.165, 1.54) is 5.56 Å². The minimum atomic E-state index is 0.0220. The summed E-state index contributed by atoms with van der Waals surface area (Å²) in [6.07, 6.45) is 4.59. The van der Waals surface area contributed by atoms with Gasteiger partial charge in [-0.3, -0.25) is 4.98 Å². The molecule has 2 heterocycles. The highest BCUT2D eigenvalue weighted by atomic mass is 15.0. The Morgan fingerprint density at radius 3 is 2.50 bits per heavy atom. The number of aromatic nitrogens is 3. The molecule has 0 bridgehead atoms. The summed E-state index contributed by atoms with van der Waals surface area (Å²) in [5, 5.41) is 3.43. The van der Waals surface area contributed by atoms with Crippen molar-refractivity contribution >= 4 is 5.82 Å². The molecule has 0 spiro atoms. The molecule has 0 saturated heterocycles. The van der Waals surface area contributed by atoms with Crippen LogP contribution in [-0.4, -0.2) is 21.5 Å². The zero-order valence-electron chi connectivity index (χ0n) is 12.6. The molecule has 4 nitrogen and oxygen atoms in total. The smallest absolute Gasteiger partial charge is 0.129 e. The van der Waals surface area contributed by atoms with Crippen molar-refractivity contribution < 1.29 is 0 Å². The van der Waals surface area contributed by atoms with E-state index in [1.807, 2.05) is 25.4 Å². The van der Waals surface area contributed by atoms with E-state index in [0.717, 1.165) is 30.3 Å². The minimum absolute atomic E-state index is 0.0220. The molecule has 106 valence electrons. The van der Waals surface area contributed by atoms with Crippen LogP contribution in [0, 0.1) is 6.92 Å². The van der Waals surface area contributed by atoms with Gasteiger partial charge in [0.05, 0.1) is 0 Å². The van der Waals surface area contributed by atoms with Gasteiger partial charge in [-0.05, 0) is 31.0 Å². The number of nitrogens with zero attached hydrogens (tertiary/aromatic N) is 3. The van der Waals surface area contributed by atoms with Gasteiger partial charge in [0, 0.05) is 36.1 Å². The van der Waals surface area contributed by atoms with Crippen LogP contribution in [0.1, 0.15) is 37.9 Å². The van der Waals surface area contributed by atoms with Crippen LogP contribution in [0.3, 0.4) is 0 Å². The second kappa shape index (κ2) is 5.99. The summed E-state index contributed by atoms with van der Waals surface area (Å²) in [6.45, 7) is 9.27. The minimum Gasteiger partial charge on any atom is -0.369 e. The first-order valence-electron chi connectivity index (χ1n) is 7.00. The van der Waals surface area contributed by atoms with Gasteiger partial charge in [-0.15, -0.1) is 0 Å². The molecule has 0 fully saturated rings. The molecule has 0 radical (unpaired) electrons. The van der Waals surface area contributed by atoms with Crippen molar-refractivity contribution in [3.63, 3.8) is 0 Å². The van der Waals surface area contributed by atoms with Crippen molar-refractivity contribution in [2.75, 3.05) is 11.9 Å². The lowest BCUT2D eigenvalue weighted by Gasteiger charge is -2.25. The monoisotopic (exact) mass is 270 g/mol. The van der Waals surface area contributed by atoms with Gasteiger partial charge in [0.25, 0.3) is 0 Å². The van der Waals surface area contributed by atoms with Gasteiger partial charge < -0.3 is 5.32 Å². The quantitative estimate of drug-likeness (QED) is 0.907. The van der Waals surface area contributed by atoms with Gasteiger partial charge in [-0.2, -0.15) is 0 Å². The van der Waals surface area contributed by atoms with Gasteiger partial charge in [0.1, 0.15) is 11.6 Å². The van der Waals surface area contributed by atoms with E-state index >= 15 is 0 Å². The number of aryl methyl sites for hydroxylation is 2. The molecule has 0 aliphatic heterocycles. The molecule has 0 saturated carbocycles. The van der Waals surface area contributed by atoms with Gasteiger partial charge in [0.2, 0.25) is 0 Å². The van der Waals surface area contributed by atoms with E-state index in [4.69, 9.17) is 0 Å². The summed E-state index contributed by atoms with van der Waals surface area (Å²) in [5.41, 5.74) is 2.36. The molecule has 4 heteroatoms. The molecular weight excluding hydrogens is 248 g/mol. The summed E-state index contributed by atoms with van der Waals surface area (Å²) >= 11 is 0. The SMILES string of the molecule is CCc1cc(NCC(C)(C)c2ccncc2)nc(C)n1. The van der Waals surface area contributed by atoms with Crippen LogP contribution < -0.4 is 5.32 Å². The van der Waals surface area contributed by atoms with Gasteiger partial charge in [-0.25, -0.2) is 9.97 Å². The fourth-order valence-corrected chi connectivity index (χ4v) is 2.12. The summed E-state index contributed by atoms with van der Waals surface area (Å²) in [6, 6.07) is 6.14. The third-order valence-electron chi connectivity index (χ3n) is 3.43. The molecule has 0 aliphatic rings. The standard InChI is InChI=1S/C16H22N4/c1-5-14-10-15(20-12(2)19-14)18-11-16(3,4)13-6-8-17-9-7-13/h6-10H,5,11H2,1-4H3,(H,18,19,20). The van der Waals surface area contributed by atoms with Crippen LogP contribution >= 0.6 is 0 Å². The van der Waals surface area contributed by atoms with E-state index in [0.29, 0.717) is 0 Å². The highest BCUT2D eigenvalue weighted by Crippen LogP contribution is 2.22. The third-order valence-corrected chi connectivity index (χ3v) is 3.43. The fraction of sp³-hybridized carbons (Fsp3) is 0.438. The average Bonchev–Trinajstić information content (AvgIpc) is 2.45. The van der Waals surface area contributed by atoms with Crippen molar-refractivity contribution in [1.29, 1.82) is 0 Å². The average molecular weight is 270 g/mol. The van der Waals surface area contributed by atoms with Crippen LogP contribution in [-0.2, 0) is 11.8 Å². The predicted octanol–water partition coefficient (Wildman–Crippen LogP) is 3.13. The molecule has 0 amide bonds. The second-order valence-electron chi connectivity index (χ2n) is 5.62. The van der Waals surface area contributed by atoms with Crippen LogP contribution in [0.4, 0.5) is 5.82 Å². The Morgan fingerprint density at radius 1 is 1.15 bits per heavy atom. The number of pyridine rings is 1. The van der Waals surface area contributed by atoms with E-state index < -0.39 is 0 Å². The molecule has 1 N–H and O–H groups in total. The predicted molar refractivity (Wildman–Crippen MR) is 81.9 cm³/mol. The summed E-state index contributed by atoms with van der Waals surface area (Å²) in [5.74, 6) is 1.71. The van der Waals surface area contributed by atoms with Gasteiger partial charge >= 0.3 is 0 Å². The number of anilines is 1. The van der Waals surface area contributed by atoms with Crippen molar-refractivity contribution in [3.05, 3.63) is 47.7 Å². The largest absolute Gasteiger partial charge is 0.369 e.